The van der Waals surface area contributed by atoms with Gasteiger partial charge in [0.2, 0.25) is 0 Å². The highest BCUT2D eigenvalue weighted by atomic mass is 16.6. The van der Waals surface area contributed by atoms with E-state index in [-0.39, 0.29) is 5.69 Å². The maximum absolute atomic E-state index is 11.1. The van der Waals surface area contributed by atoms with Crippen LogP contribution in [0.5, 0.6) is 0 Å². The minimum absolute atomic E-state index is 0.0150. The second kappa shape index (κ2) is 7.40. The summed E-state index contributed by atoms with van der Waals surface area (Å²) in [5.74, 6) is 0. The first-order valence-corrected chi connectivity index (χ1v) is 7.78. The number of nitro groups is 1. The third kappa shape index (κ3) is 4.18. The largest absolute Gasteiger partial charge is 0.383 e. The molecule has 1 aromatic rings. The van der Waals surface area contributed by atoms with E-state index in [2.05, 4.69) is 29.1 Å². The number of rotatable bonds is 5. The highest BCUT2D eigenvalue weighted by molar-refractivity contribution is 5.64. The van der Waals surface area contributed by atoms with Gasteiger partial charge < -0.3 is 10.2 Å². The number of nitrogens with one attached hydrogen (secondary N) is 1. The summed E-state index contributed by atoms with van der Waals surface area (Å²) in [7, 11) is 2.12. The topological polar surface area (TPSA) is 85.4 Å². The monoisotopic (exact) mass is 317 g/mol. The zero-order valence-electron chi connectivity index (χ0n) is 13.9. The Bertz CT molecular complexity index is 618. The standard InChI is InChI=1S/C16H23N5O2/c1-12(20-6-4-19(3)5-7-20)11-18-15-8-14(10-17)9-16(13(15)2)21(22)23/h8-9,12,18H,4-7,11H2,1-3H3. The van der Waals surface area contributed by atoms with Crippen molar-refractivity contribution in [2.24, 2.45) is 0 Å². The van der Waals surface area contributed by atoms with Gasteiger partial charge in [-0.25, -0.2) is 0 Å². The van der Waals surface area contributed by atoms with Crippen LogP contribution in [0.1, 0.15) is 18.1 Å². The van der Waals surface area contributed by atoms with Gasteiger partial charge in [-0.05, 0) is 27.0 Å². The van der Waals surface area contributed by atoms with E-state index in [0.29, 0.717) is 29.4 Å². The Morgan fingerprint density at radius 1 is 1.39 bits per heavy atom. The highest BCUT2D eigenvalue weighted by Gasteiger charge is 2.20. The predicted octanol–water partition coefficient (Wildman–Crippen LogP) is 1.82. The first kappa shape index (κ1) is 17.2. The van der Waals surface area contributed by atoms with Crippen LogP contribution in [-0.4, -0.2) is 60.5 Å². The summed E-state index contributed by atoms with van der Waals surface area (Å²) in [5.41, 5.74) is 1.52. The summed E-state index contributed by atoms with van der Waals surface area (Å²) < 4.78 is 0. The smallest absolute Gasteiger partial charge is 0.275 e. The number of nitrogens with zero attached hydrogens (tertiary/aromatic N) is 4. The number of piperazine rings is 1. The van der Waals surface area contributed by atoms with Crippen LogP contribution in [0.2, 0.25) is 0 Å². The predicted molar refractivity (Wildman–Crippen MR) is 89.6 cm³/mol. The molecule has 7 heteroatoms. The van der Waals surface area contributed by atoms with Gasteiger partial charge in [-0.15, -0.1) is 0 Å². The van der Waals surface area contributed by atoms with Crippen LogP contribution in [0, 0.1) is 28.4 Å². The molecule has 23 heavy (non-hydrogen) atoms. The molecule has 1 aliphatic heterocycles. The Labute approximate surface area is 136 Å². The second-order valence-electron chi connectivity index (χ2n) is 6.11. The Hall–Kier alpha value is -2.17. The molecule has 0 spiro atoms. The van der Waals surface area contributed by atoms with E-state index in [0.717, 1.165) is 26.2 Å². The van der Waals surface area contributed by atoms with Crippen molar-refractivity contribution >= 4 is 11.4 Å². The van der Waals surface area contributed by atoms with Crippen molar-refractivity contribution in [3.8, 4) is 6.07 Å². The van der Waals surface area contributed by atoms with Gasteiger partial charge in [0.1, 0.15) is 0 Å². The average Bonchev–Trinajstić information content (AvgIpc) is 2.54. The third-order valence-corrected chi connectivity index (χ3v) is 4.46. The van der Waals surface area contributed by atoms with E-state index < -0.39 is 4.92 Å². The molecule has 7 nitrogen and oxygen atoms in total. The highest BCUT2D eigenvalue weighted by Crippen LogP contribution is 2.27. The minimum atomic E-state index is -0.439. The molecule has 1 heterocycles. The second-order valence-corrected chi connectivity index (χ2v) is 6.11. The van der Waals surface area contributed by atoms with Crippen molar-refractivity contribution in [2.45, 2.75) is 19.9 Å². The summed E-state index contributed by atoms with van der Waals surface area (Å²) >= 11 is 0. The number of hydrogen-bond donors (Lipinski definition) is 1. The molecule has 1 fully saturated rings. The summed E-state index contributed by atoms with van der Waals surface area (Å²) in [6.07, 6.45) is 0. The molecule has 1 aromatic carbocycles. The van der Waals surface area contributed by atoms with E-state index in [1.807, 2.05) is 6.07 Å². The molecule has 124 valence electrons. The lowest BCUT2D eigenvalue weighted by Crippen LogP contribution is -2.49. The molecule has 0 amide bonds. The Kier molecular flexibility index (Phi) is 5.53. The van der Waals surface area contributed by atoms with Gasteiger partial charge in [-0.3, -0.25) is 15.0 Å². The van der Waals surface area contributed by atoms with Crippen molar-refractivity contribution in [2.75, 3.05) is 45.1 Å². The molecule has 0 radical (unpaired) electrons. The van der Waals surface area contributed by atoms with Crippen molar-refractivity contribution in [1.29, 1.82) is 5.26 Å². The summed E-state index contributed by atoms with van der Waals surface area (Å²) in [6, 6.07) is 5.32. The average molecular weight is 317 g/mol. The summed E-state index contributed by atoms with van der Waals surface area (Å²) in [5, 5.41) is 23.4. The van der Waals surface area contributed by atoms with Crippen molar-refractivity contribution in [1.82, 2.24) is 9.80 Å². The van der Waals surface area contributed by atoms with E-state index in [9.17, 15) is 10.1 Å². The van der Waals surface area contributed by atoms with E-state index >= 15 is 0 Å². The Morgan fingerprint density at radius 3 is 2.61 bits per heavy atom. The lowest BCUT2D eigenvalue weighted by atomic mass is 10.1. The number of hydrogen-bond acceptors (Lipinski definition) is 6. The quantitative estimate of drug-likeness (QED) is 0.658. The summed E-state index contributed by atoms with van der Waals surface area (Å²) in [4.78, 5) is 15.4. The number of likely N-dealkylation sites (N-methyl/N-ethyl adjacent to an activating group) is 1. The van der Waals surface area contributed by atoms with E-state index in [4.69, 9.17) is 5.26 Å². The minimum Gasteiger partial charge on any atom is -0.383 e. The Morgan fingerprint density at radius 2 is 2.04 bits per heavy atom. The fourth-order valence-electron chi connectivity index (χ4n) is 2.79. The van der Waals surface area contributed by atoms with Gasteiger partial charge in [0.05, 0.1) is 16.6 Å². The van der Waals surface area contributed by atoms with Gasteiger partial charge in [-0.2, -0.15) is 5.26 Å². The van der Waals surface area contributed by atoms with Crippen LogP contribution in [0.3, 0.4) is 0 Å². The SMILES string of the molecule is Cc1c(NCC(C)N2CCN(C)CC2)cc(C#N)cc1[N+](=O)[O-]. The molecular formula is C16H23N5O2. The molecule has 0 saturated carbocycles. The zero-order valence-corrected chi connectivity index (χ0v) is 13.9. The van der Waals surface area contributed by atoms with Crippen molar-refractivity contribution < 1.29 is 4.92 Å². The van der Waals surface area contributed by atoms with Gasteiger partial charge in [0, 0.05) is 56.1 Å². The number of benzene rings is 1. The molecule has 0 aliphatic carbocycles. The fourth-order valence-corrected chi connectivity index (χ4v) is 2.79. The molecule has 1 saturated heterocycles. The molecule has 1 N–H and O–H groups in total. The first-order valence-electron chi connectivity index (χ1n) is 7.78. The van der Waals surface area contributed by atoms with Crippen molar-refractivity contribution in [3.63, 3.8) is 0 Å². The lowest BCUT2D eigenvalue weighted by Gasteiger charge is -2.36. The zero-order chi connectivity index (χ0) is 17.0. The number of nitriles is 1. The third-order valence-electron chi connectivity index (χ3n) is 4.46. The van der Waals surface area contributed by atoms with Crippen LogP contribution in [0.4, 0.5) is 11.4 Å². The van der Waals surface area contributed by atoms with Crippen LogP contribution < -0.4 is 5.32 Å². The van der Waals surface area contributed by atoms with Crippen LogP contribution in [0.25, 0.3) is 0 Å². The maximum Gasteiger partial charge on any atom is 0.275 e. The van der Waals surface area contributed by atoms with Gasteiger partial charge >= 0.3 is 0 Å². The molecule has 0 bridgehead atoms. The molecule has 1 aliphatic rings. The van der Waals surface area contributed by atoms with Gasteiger partial charge in [0.15, 0.2) is 0 Å². The number of anilines is 1. The van der Waals surface area contributed by atoms with E-state index in [1.54, 1.807) is 13.0 Å². The fraction of sp³-hybridized carbons (Fsp3) is 0.562. The summed E-state index contributed by atoms with van der Waals surface area (Å²) in [6.45, 7) is 8.71. The molecule has 1 atom stereocenters. The van der Waals surface area contributed by atoms with Crippen LogP contribution >= 0.6 is 0 Å². The first-order chi connectivity index (χ1) is 10.9. The van der Waals surface area contributed by atoms with Gasteiger partial charge in [0.25, 0.3) is 5.69 Å². The van der Waals surface area contributed by atoms with Crippen molar-refractivity contribution in [3.05, 3.63) is 33.4 Å². The Balaban J connectivity index is 2.06. The number of nitro benzene ring substituents is 1. The van der Waals surface area contributed by atoms with Gasteiger partial charge in [-0.1, -0.05) is 0 Å². The van der Waals surface area contributed by atoms with Crippen LogP contribution in [0.15, 0.2) is 12.1 Å². The van der Waals surface area contributed by atoms with E-state index in [1.165, 1.54) is 6.07 Å². The maximum atomic E-state index is 11.1. The normalized spacial score (nSPS) is 17.5. The van der Waals surface area contributed by atoms with Crippen LogP contribution in [-0.2, 0) is 0 Å². The molecule has 1 unspecified atom stereocenters. The molecular weight excluding hydrogens is 294 g/mol. The molecule has 0 aromatic heterocycles. The molecule has 2 rings (SSSR count). The lowest BCUT2D eigenvalue weighted by molar-refractivity contribution is -0.385.